The van der Waals surface area contributed by atoms with Crippen molar-refractivity contribution in [3.05, 3.63) is 70.2 Å². The molecule has 0 heterocycles. The van der Waals surface area contributed by atoms with Crippen LogP contribution >= 0.6 is 11.6 Å². The number of aryl methyl sites for hydroxylation is 1. The normalized spacial score (nSPS) is 16.4. The van der Waals surface area contributed by atoms with Gasteiger partial charge in [0.25, 0.3) is 0 Å². The van der Waals surface area contributed by atoms with Crippen LogP contribution in [0.3, 0.4) is 0 Å². The Labute approximate surface area is 250 Å². The van der Waals surface area contributed by atoms with Crippen LogP contribution < -0.4 is 0 Å². The highest BCUT2D eigenvalue weighted by molar-refractivity contribution is 6.30. The molecule has 8 heteroatoms. The molecule has 0 spiro atoms. The molecule has 3 rings (SSSR count). The number of likely N-dealkylation sites (N-methyl/N-ethyl adjacent to an activating group) is 2. The predicted octanol–water partition coefficient (Wildman–Crippen LogP) is 6.65. The number of hydrogen-bond donors (Lipinski definition) is 0. The molecule has 0 unspecified atom stereocenters. The number of esters is 1. The van der Waals surface area contributed by atoms with Gasteiger partial charge >= 0.3 is 12.1 Å². The molecule has 2 aromatic rings. The van der Waals surface area contributed by atoms with Crippen molar-refractivity contribution < 1.29 is 23.9 Å². The maximum atomic E-state index is 14.2. The lowest BCUT2D eigenvalue weighted by molar-refractivity contribution is -0.158. The molecule has 0 bridgehead atoms. The first-order valence-electron chi connectivity index (χ1n) is 14.3. The number of rotatable bonds is 9. The number of halogens is 1. The first-order chi connectivity index (χ1) is 19.0. The van der Waals surface area contributed by atoms with Crippen molar-refractivity contribution >= 4 is 29.6 Å². The Morgan fingerprint density at radius 1 is 0.927 bits per heavy atom. The molecule has 0 radical (unpaired) electrons. The molecule has 2 amide bonds. The van der Waals surface area contributed by atoms with E-state index in [1.165, 1.54) is 5.56 Å². The molecule has 0 N–H and O–H groups in total. The van der Waals surface area contributed by atoms with Gasteiger partial charge in [-0.05, 0) is 95.5 Å². The second kappa shape index (κ2) is 13.3. The number of fused-ring (bicyclic) bond motifs is 1. The number of ether oxygens (including phenoxy) is 2. The van der Waals surface area contributed by atoms with Crippen molar-refractivity contribution in [2.24, 2.45) is 5.92 Å². The minimum Gasteiger partial charge on any atom is -0.460 e. The molecule has 41 heavy (non-hydrogen) atoms. The Kier molecular flexibility index (Phi) is 10.5. The van der Waals surface area contributed by atoms with E-state index in [9.17, 15) is 14.4 Å². The van der Waals surface area contributed by atoms with Gasteiger partial charge in [0.05, 0.1) is 18.4 Å². The summed E-state index contributed by atoms with van der Waals surface area (Å²) < 4.78 is 11.3. The summed E-state index contributed by atoms with van der Waals surface area (Å²) >= 11 is 6.10. The van der Waals surface area contributed by atoms with Crippen LogP contribution in [0.15, 0.2) is 48.5 Å². The van der Waals surface area contributed by atoms with Gasteiger partial charge in [-0.2, -0.15) is 0 Å². The largest absolute Gasteiger partial charge is 0.460 e. The van der Waals surface area contributed by atoms with Gasteiger partial charge in [0.2, 0.25) is 5.91 Å². The van der Waals surface area contributed by atoms with E-state index in [4.69, 9.17) is 21.1 Å². The Morgan fingerprint density at radius 3 is 2.15 bits per heavy atom. The summed E-state index contributed by atoms with van der Waals surface area (Å²) in [5.74, 6) is -1.21. The Bertz CT molecular complexity index is 1220. The quantitative estimate of drug-likeness (QED) is 0.308. The van der Waals surface area contributed by atoms with E-state index in [2.05, 4.69) is 12.1 Å². The molecule has 0 fully saturated rings. The fourth-order valence-electron chi connectivity index (χ4n) is 5.36. The van der Waals surface area contributed by atoms with Gasteiger partial charge < -0.3 is 19.3 Å². The lowest BCUT2D eigenvalue weighted by Crippen LogP contribution is -2.49. The summed E-state index contributed by atoms with van der Waals surface area (Å²) in [5.41, 5.74) is 2.00. The van der Waals surface area contributed by atoms with E-state index in [-0.39, 0.29) is 30.8 Å². The second-order valence-corrected chi connectivity index (χ2v) is 13.5. The summed E-state index contributed by atoms with van der Waals surface area (Å²) in [4.78, 5) is 43.4. The fourth-order valence-corrected chi connectivity index (χ4v) is 5.49. The molecule has 0 saturated carbocycles. The highest BCUT2D eigenvalue weighted by Gasteiger charge is 2.39. The summed E-state index contributed by atoms with van der Waals surface area (Å²) in [6, 6.07) is 15.2. The third kappa shape index (κ3) is 9.49. The van der Waals surface area contributed by atoms with Crippen molar-refractivity contribution in [3.8, 4) is 0 Å². The minimum absolute atomic E-state index is 0.0107. The molecule has 0 aromatic heterocycles. The van der Waals surface area contributed by atoms with Crippen LogP contribution in [0.25, 0.3) is 0 Å². The number of carbonyl (C=O) groups is 3. The summed E-state index contributed by atoms with van der Waals surface area (Å²) in [6.07, 6.45) is 1.67. The zero-order valence-corrected chi connectivity index (χ0v) is 26.5. The zero-order chi connectivity index (χ0) is 30.5. The van der Waals surface area contributed by atoms with Gasteiger partial charge in [-0.25, -0.2) is 4.79 Å². The van der Waals surface area contributed by atoms with E-state index >= 15 is 0 Å². The van der Waals surface area contributed by atoms with Crippen LogP contribution in [0.1, 0.15) is 77.0 Å². The van der Waals surface area contributed by atoms with Gasteiger partial charge in [0, 0.05) is 25.7 Å². The van der Waals surface area contributed by atoms with Gasteiger partial charge in [0.15, 0.2) is 0 Å². The van der Waals surface area contributed by atoms with E-state index in [0.29, 0.717) is 11.4 Å². The van der Waals surface area contributed by atoms with Crippen molar-refractivity contribution in [2.75, 3.05) is 20.6 Å². The van der Waals surface area contributed by atoms with Gasteiger partial charge in [-0.3, -0.25) is 9.59 Å². The van der Waals surface area contributed by atoms with E-state index in [1.807, 2.05) is 77.9 Å². The van der Waals surface area contributed by atoms with E-state index < -0.39 is 29.2 Å². The number of carbonyl (C=O) groups excluding carboxylic acids is 3. The van der Waals surface area contributed by atoms with Crippen LogP contribution in [0.2, 0.25) is 5.02 Å². The summed E-state index contributed by atoms with van der Waals surface area (Å²) in [5, 5.41) is 0.625. The van der Waals surface area contributed by atoms with Crippen molar-refractivity contribution in [3.63, 3.8) is 0 Å². The summed E-state index contributed by atoms with van der Waals surface area (Å²) in [6.45, 7) is 11.2. The Hall–Kier alpha value is -3.06. The van der Waals surface area contributed by atoms with E-state index in [0.717, 1.165) is 24.0 Å². The predicted molar refractivity (Wildman–Crippen MR) is 162 cm³/mol. The van der Waals surface area contributed by atoms with Gasteiger partial charge in [0.1, 0.15) is 11.2 Å². The minimum atomic E-state index is -0.660. The van der Waals surface area contributed by atoms with Crippen LogP contribution in [0, 0.1) is 5.92 Å². The second-order valence-electron chi connectivity index (χ2n) is 13.0. The molecule has 7 nitrogen and oxygen atoms in total. The average Bonchev–Trinajstić information content (AvgIpc) is 3.29. The first kappa shape index (κ1) is 32.5. The molecule has 2 aromatic carbocycles. The van der Waals surface area contributed by atoms with Crippen LogP contribution in [0.5, 0.6) is 0 Å². The lowest BCUT2D eigenvalue weighted by atomic mass is 9.83. The van der Waals surface area contributed by atoms with E-state index in [1.54, 1.807) is 23.9 Å². The zero-order valence-electron chi connectivity index (χ0n) is 25.7. The molecular weight excluding hydrogens is 540 g/mol. The number of nitrogens with zero attached hydrogens (tertiary/aromatic N) is 2. The third-order valence-corrected chi connectivity index (χ3v) is 7.52. The van der Waals surface area contributed by atoms with Crippen molar-refractivity contribution in [1.82, 2.24) is 9.80 Å². The SMILES string of the molecule is CN(C[C@@H](Cc1ccc(Cl)cc1)N(C)C(=O)OC(C)(C)C)C(=O)[C@@H](CC(=O)OC(C)(C)C)[C@@H]1CCc2ccccc21. The molecular formula is C33H45ClN2O5. The maximum Gasteiger partial charge on any atom is 0.410 e. The smallest absolute Gasteiger partial charge is 0.410 e. The van der Waals surface area contributed by atoms with Crippen LogP contribution in [-0.4, -0.2) is 65.7 Å². The van der Waals surface area contributed by atoms with Gasteiger partial charge in [-0.15, -0.1) is 0 Å². The molecule has 1 aliphatic carbocycles. The van der Waals surface area contributed by atoms with Crippen LogP contribution in [-0.2, 0) is 31.9 Å². The topological polar surface area (TPSA) is 76.2 Å². The Balaban J connectivity index is 1.88. The van der Waals surface area contributed by atoms with Crippen molar-refractivity contribution in [2.45, 2.75) is 90.4 Å². The lowest BCUT2D eigenvalue weighted by Gasteiger charge is -2.35. The summed E-state index contributed by atoms with van der Waals surface area (Å²) in [7, 11) is 3.43. The number of hydrogen-bond acceptors (Lipinski definition) is 5. The highest BCUT2D eigenvalue weighted by atomic mass is 35.5. The van der Waals surface area contributed by atoms with Gasteiger partial charge in [-0.1, -0.05) is 48.0 Å². The first-order valence-corrected chi connectivity index (χ1v) is 14.7. The molecule has 3 atom stereocenters. The molecule has 1 aliphatic rings. The third-order valence-electron chi connectivity index (χ3n) is 7.26. The number of benzene rings is 2. The van der Waals surface area contributed by atoms with Crippen molar-refractivity contribution in [1.29, 1.82) is 0 Å². The molecule has 0 saturated heterocycles. The standard InChI is InChI=1S/C33H45ClN2O5/c1-32(2,3)40-29(37)20-28(27-18-15-23-11-9-10-12-26(23)27)30(38)35(7)21-25(19-22-13-16-24(34)17-14-22)36(8)31(39)41-33(4,5)6/h9-14,16-17,25,27-28H,15,18-21H2,1-8H3/t25-,27-,28+/m1/s1. The van der Waals surface area contributed by atoms with Crippen LogP contribution in [0.4, 0.5) is 4.79 Å². The average molecular weight is 585 g/mol. The maximum absolute atomic E-state index is 14.2. The highest BCUT2D eigenvalue weighted by Crippen LogP contribution is 2.41. The molecule has 0 aliphatic heterocycles. The number of amides is 2. The molecule has 224 valence electrons. The monoisotopic (exact) mass is 584 g/mol. The fraction of sp³-hybridized carbons (Fsp3) is 0.545. The Morgan fingerprint density at radius 2 is 1.54 bits per heavy atom.